The van der Waals surface area contributed by atoms with Gasteiger partial charge in [0.15, 0.2) is 0 Å². The molecule has 0 bridgehead atoms. The maximum atomic E-state index is 12.8. The van der Waals surface area contributed by atoms with Crippen molar-refractivity contribution >= 4 is 22.4 Å². The minimum atomic E-state index is -0.290. The Bertz CT molecular complexity index is 1040. The molecule has 0 radical (unpaired) electrons. The number of pyridine rings is 1. The van der Waals surface area contributed by atoms with Gasteiger partial charge >= 0.3 is 0 Å². The van der Waals surface area contributed by atoms with Crippen LogP contribution in [0.5, 0.6) is 0 Å². The summed E-state index contributed by atoms with van der Waals surface area (Å²) in [6.45, 7) is 1.84. The van der Waals surface area contributed by atoms with Crippen LogP contribution in [-0.4, -0.2) is 30.9 Å². The monoisotopic (exact) mass is 362 g/mol. The highest BCUT2D eigenvalue weighted by atomic mass is 32.1. The number of nitrogens with zero attached hydrogens (tertiary/aromatic N) is 5. The zero-order valence-electron chi connectivity index (χ0n) is 13.8. The molecular weight excluding hydrogens is 348 g/mol. The summed E-state index contributed by atoms with van der Waals surface area (Å²) in [6, 6.07) is 13.3. The second-order valence-electron chi connectivity index (χ2n) is 5.49. The summed E-state index contributed by atoms with van der Waals surface area (Å²) in [5, 5.41) is 16.5. The quantitative estimate of drug-likeness (QED) is 0.602. The number of aryl methyl sites for hydroxylation is 1. The number of carbonyl (C=O) groups excluding carboxylic acids is 1. The Kier molecular flexibility index (Phi) is 4.24. The minimum Gasteiger partial charge on any atom is -0.296 e. The van der Waals surface area contributed by atoms with Crippen LogP contribution in [0.25, 0.3) is 16.9 Å². The van der Waals surface area contributed by atoms with Crippen LogP contribution in [0.3, 0.4) is 0 Å². The van der Waals surface area contributed by atoms with E-state index in [2.05, 4.69) is 25.6 Å². The molecule has 0 saturated carbocycles. The molecule has 0 unspecified atom stereocenters. The summed E-state index contributed by atoms with van der Waals surface area (Å²) in [5.74, 6) is -0.290. The largest absolute Gasteiger partial charge is 0.296 e. The molecule has 0 aliphatic rings. The van der Waals surface area contributed by atoms with E-state index in [4.69, 9.17) is 0 Å². The average Bonchev–Trinajstić information content (AvgIpc) is 3.30. The van der Waals surface area contributed by atoms with Crippen molar-refractivity contribution < 1.29 is 4.79 Å². The molecule has 1 amide bonds. The van der Waals surface area contributed by atoms with E-state index in [1.807, 2.05) is 49.4 Å². The topological polar surface area (TPSA) is 85.6 Å². The molecule has 8 heteroatoms. The van der Waals surface area contributed by atoms with Crippen LogP contribution in [0.1, 0.15) is 15.4 Å². The van der Waals surface area contributed by atoms with Crippen molar-refractivity contribution in [3.63, 3.8) is 0 Å². The zero-order chi connectivity index (χ0) is 17.9. The van der Waals surface area contributed by atoms with Crippen LogP contribution in [0.15, 0.2) is 61.1 Å². The summed E-state index contributed by atoms with van der Waals surface area (Å²) in [5.41, 5.74) is 2.62. The average molecular weight is 362 g/mol. The highest BCUT2D eigenvalue weighted by molar-refractivity contribution is 7.15. The molecule has 1 N–H and O–H groups in total. The highest BCUT2D eigenvalue weighted by Crippen LogP contribution is 2.24. The summed E-state index contributed by atoms with van der Waals surface area (Å²) >= 11 is 1.32. The van der Waals surface area contributed by atoms with Crippen molar-refractivity contribution in [2.75, 3.05) is 5.32 Å². The van der Waals surface area contributed by atoms with Crippen LogP contribution in [-0.2, 0) is 0 Å². The molecule has 128 valence electrons. The molecule has 4 rings (SSSR count). The molecule has 1 aromatic carbocycles. The van der Waals surface area contributed by atoms with E-state index in [0.717, 1.165) is 16.3 Å². The second-order valence-corrected chi connectivity index (χ2v) is 6.68. The van der Waals surface area contributed by atoms with Gasteiger partial charge in [0.1, 0.15) is 10.7 Å². The number of hydrogen-bond acceptors (Lipinski definition) is 6. The van der Waals surface area contributed by atoms with Crippen LogP contribution >= 0.6 is 11.3 Å². The molecule has 0 aliphatic heterocycles. The Balaban J connectivity index is 1.76. The van der Waals surface area contributed by atoms with Gasteiger partial charge in [-0.25, -0.2) is 4.68 Å². The maximum absolute atomic E-state index is 12.8. The Hall–Kier alpha value is -3.39. The number of anilines is 1. The predicted octanol–water partition coefficient (Wildman–Crippen LogP) is 3.35. The first kappa shape index (κ1) is 16.1. The van der Waals surface area contributed by atoms with Gasteiger partial charge in [0.2, 0.25) is 5.13 Å². The van der Waals surface area contributed by atoms with Gasteiger partial charge < -0.3 is 0 Å². The molecular formula is C18H14N6OS. The van der Waals surface area contributed by atoms with E-state index in [0.29, 0.717) is 16.4 Å². The van der Waals surface area contributed by atoms with Crippen LogP contribution in [0.4, 0.5) is 5.13 Å². The van der Waals surface area contributed by atoms with Gasteiger partial charge in [-0.15, -0.1) is 10.2 Å². The van der Waals surface area contributed by atoms with Gasteiger partial charge in [0, 0.05) is 24.2 Å². The molecule has 0 fully saturated rings. The van der Waals surface area contributed by atoms with Gasteiger partial charge in [0.05, 0.1) is 11.3 Å². The number of para-hydroxylation sites is 1. The fourth-order valence-corrected chi connectivity index (χ4v) is 3.07. The zero-order valence-corrected chi connectivity index (χ0v) is 14.6. The van der Waals surface area contributed by atoms with Crippen molar-refractivity contribution in [1.29, 1.82) is 0 Å². The molecule has 0 atom stereocenters. The molecule has 0 aliphatic carbocycles. The third-order valence-electron chi connectivity index (χ3n) is 3.66. The summed E-state index contributed by atoms with van der Waals surface area (Å²) in [4.78, 5) is 16.9. The molecule has 0 saturated heterocycles. The van der Waals surface area contributed by atoms with Gasteiger partial charge in [-0.1, -0.05) is 29.5 Å². The number of amides is 1. The van der Waals surface area contributed by atoms with Crippen molar-refractivity contribution in [1.82, 2.24) is 25.0 Å². The third kappa shape index (κ3) is 3.22. The predicted molar refractivity (Wildman–Crippen MR) is 99.4 cm³/mol. The van der Waals surface area contributed by atoms with Gasteiger partial charge in [0.25, 0.3) is 5.91 Å². The molecule has 3 aromatic heterocycles. The van der Waals surface area contributed by atoms with Gasteiger partial charge in [-0.05, 0) is 31.2 Å². The minimum absolute atomic E-state index is 0.290. The lowest BCUT2D eigenvalue weighted by atomic mass is 10.1. The smallest absolute Gasteiger partial charge is 0.261 e. The first-order valence-corrected chi connectivity index (χ1v) is 8.69. The lowest BCUT2D eigenvalue weighted by Crippen LogP contribution is -2.12. The van der Waals surface area contributed by atoms with E-state index in [1.54, 1.807) is 23.3 Å². The van der Waals surface area contributed by atoms with E-state index in [-0.39, 0.29) is 5.91 Å². The first-order chi connectivity index (χ1) is 12.7. The van der Waals surface area contributed by atoms with Crippen molar-refractivity contribution in [2.24, 2.45) is 0 Å². The lowest BCUT2D eigenvalue weighted by Gasteiger charge is -2.01. The molecule has 3 heterocycles. The van der Waals surface area contributed by atoms with Crippen LogP contribution in [0, 0.1) is 6.92 Å². The van der Waals surface area contributed by atoms with Crippen molar-refractivity contribution in [2.45, 2.75) is 6.92 Å². The standard InChI is InChI=1S/C18H14N6OS/c1-12-21-22-18(26-12)20-17(25)15-11-24(14-7-3-2-4-8-14)23-16(15)13-6-5-9-19-10-13/h2-11H,1H3,(H,20,22,25). The number of benzene rings is 1. The van der Waals surface area contributed by atoms with Crippen LogP contribution < -0.4 is 5.32 Å². The van der Waals surface area contributed by atoms with Crippen molar-refractivity contribution in [3.8, 4) is 16.9 Å². The highest BCUT2D eigenvalue weighted by Gasteiger charge is 2.20. The number of rotatable bonds is 4. The summed E-state index contributed by atoms with van der Waals surface area (Å²) < 4.78 is 1.68. The van der Waals surface area contributed by atoms with Crippen LogP contribution in [0.2, 0.25) is 0 Å². The number of nitrogens with one attached hydrogen (secondary N) is 1. The number of aromatic nitrogens is 5. The van der Waals surface area contributed by atoms with E-state index >= 15 is 0 Å². The third-order valence-corrected chi connectivity index (χ3v) is 4.42. The number of carbonyl (C=O) groups is 1. The van der Waals surface area contributed by atoms with E-state index < -0.39 is 0 Å². The Morgan fingerprint density at radius 3 is 2.65 bits per heavy atom. The first-order valence-electron chi connectivity index (χ1n) is 7.87. The fourth-order valence-electron chi connectivity index (χ4n) is 2.48. The Labute approximate surface area is 153 Å². The van der Waals surface area contributed by atoms with E-state index in [9.17, 15) is 4.79 Å². The Morgan fingerprint density at radius 1 is 1.12 bits per heavy atom. The normalized spacial score (nSPS) is 10.7. The lowest BCUT2D eigenvalue weighted by molar-refractivity contribution is 0.102. The SMILES string of the molecule is Cc1nnc(NC(=O)c2cn(-c3ccccc3)nc2-c2cccnc2)s1. The summed E-state index contributed by atoms with van der Waals surface area (Å²) in [7, 11) is 0. The fraction of sp³-hybridized carbons (Fsp3) is 0.0556. The molecule has 0 spiro atoms. The second kappa shape index (κ2) is 6.85. The van der Waals surface area contributed by atoms with Gasteiger partial charge in [-0.3, -0.25) is 15.1 Å². The summed E-state index contributed by atoms with van der Waals surface area (Å²) in [6.07, 6.45) is 5.08. The van der Waals surface area contributed by atoms with E-state index in [1.165, 1.54) is 11.3 Å². The molecule has 4 aromatic rings. The number of hydrogen-bond donors (Lipinski definition) is 1. The van der Waals surface area contributed by atoms with Crippen molar-refractivity contribution in [3.05, 3.63) is 71.6 Å². The molecule has 7 nitrogen and oxygen atoms in total. The van der Waals surface area contributed by atoms with Gasteiger partial charge in [-0.2, -0.15) is 5.10 Å². The molecule has 26 heavy (non-hydrogen) atoms. The Morgan fingerprint density at radius 2 is 1.96 bits per heavy atom. The maximum Gasteiger partial charge on any atom is 0.261 e.